The lowest BCUT2D eigenvalue weighted by Crippen LogP contribution is -2.29. The minimum absolute atomic E-state index is 0.281. The molecule has 1 atom stereocenters. The SMILES string of the molecule is COc1ccc(Br)cc1C(=N[S+]([O-])C(C)(C)C)C(=O)O. The summed E-state index contributed by atoms with van der Waals surface area (Å²) in [5, 5.41) is 9.32. The molecule has 1 N–H and O–H groups in total. The predicted octanol–water partition coefficient (Wildman–Crippen LogP) is 2.79. The fourth-order valence-corrected chi connectivity index (χ4v) is 2.27. The van der Waals surface area contributed by atoms with Crippen molar-refractivity contribution in [3.05, 3.63) is 28.2 Å². The molecule has 1 rings (SSSR count). The quantitative estimate of drug-likeness (QED) is 0.660. The van der Waals surface area contributed by atoms with E-state index in [1.165, 1.54) is 7.11 Å². The van der Waals surface area contributed by atoms with E-state index in [2.05, 4.69) is 20.3 Å². The van der Waals surface area contributed by atoms with Gasteiger partial charge in [0.1, 0.15) is 21.9 Å². The van der Waals surface area contributed by atoms with Crippen LogP contribution in [0.3, 0.4) is 0 Å². The standard InChI is InChI=1S/C13H16BrNO4S/c1-13(2,3)20(18)15-11(12(16)17)9-7-8(14)5-6-10(9)19-4/h5-7H,1-4H3,(H,16,17). The molecule has 5 nitrogen and oxygen atoms in total. The Labute approximate surface area is 129 Å². The summed E-state index contributed by atoms with van der Waals surface area (Å²) in [6.45, 7) is 5.18. The third-order valence-electron chi connectivity index (χ3n) is 2.32. The van der Waals surface area contributed by atoms with Gasteiger partial charge in [-0.3, -0.25) is 0 Å². The van der Waals surface area contributed by atoms with Crippen molar-refractivity contribution in [3.63, 3.8) is 0 Å². The van der Waals surface area contributed by atoms with E-state index in [0.29, 0.717) is 10.2 Å². The number of halogens is 1. The molecule has 0 radical (unpaired) electrons. The molecular weight excluding hydrogens is 346 g/mol. The average molecular weight is 362 g/mol. The van der Waals surface area contributed by atoms with E-state index in [0.717, 1.165) is 0 Å². The Kier molecular flexibility index (Phi) is 5.61. The highest BCUT2D eigenvalue weighted by Gasteiger charge is 2.30. The first-order valence-electron chi connectivity index (χ1n) is 5.74. The number of ether oxygens (including phenoxy) is 1. The fourth-order valence-electron chi connectivity index (χ4n) is 1.29. The van der Waals surface area contributed by atoms with Crippen molar-refractivity contribution < 1.29 is 19.2 Å². The smallest absolute Gasteiger partial charge is 0.359 e. The van der Waals surface area contributed by atoms with Crippen molar-refractivity contribution in [2.45, 2.75) is 25.5 Å². The Morgan fingerprint density at radius 1 is 1.45 bits per heavy atom. The number of carboxylic acid groups (broad SMARTS) is 1. The fraction of sp³-hybridized carbons (Fsp3) is 0.385. The molecule has 0 spiro atoms. The summed E-state index contributed by atoms with van der Waals surface area (Å²) in [6, 6.07) is 4.92. The van der Waals surface area contributed by atoms with Gasteiger partial charge in [0.05, 0.1) is 12.7 Å². The lowest BCUT2D eigenvalue weighted by Gasteiger charge is -2.19. The highest BCUT2D eigenvalue weighted by atomic mass is 79.9. The summed E-state index contributed by atoms with van der Waals surface area (Å²) < 4.78 is 21.1. The van der Waals surface area contributed by atoms with Crippen LogP contribution in [0.4, 0.5) is 0 Å². The number of rotatable bonds is 4. The number of aliphatic carboxylic acids is 1. The Hall–Kier alpha value is -1.05. The van der Waals surface area contributed by atoms with E-state index in [4.69, 9.17) is 4.74 Å². The highest BCUT2D eigenvalue weighted by molar-refractivity contribution is 9.10. The molecule has 0 aromatic heterocycles. The van der Waals surface area contributed by atoms with E-state index < -0.39 is 22.1 Å². The monoisotopic (exact) mass is 361 g/mol. The average Bonchev–Trinajstić information content (AvgIpc) is 2.33. The molecule has 0 saturated carbocycles. The Bertz CT molecular complexity index is 540. The molecule has 1 aromatic carbocycles. The highest BCUT2D eigenvalue weighted by Crippen LogP contribution is 2.26. The van der Waals surface area contributed by atoms with Gasteiger partial charge in [0.2, 0.25) is 5.71 Å². The first kappa shape index (κ1) is 17.0. The molecule has 0 fully saturated rings. The number of hydrogen-bond donors (Lipinski definition) is 1. The lowest BCUT2D eigenvalue weighted by atomic mass is 10.1. The molecule has 20 heavy (non-hydrogen) atoms. The summed E-state index contributed by atoms with van der Waals surface area (Å²) in [4.78, 5) is 11.4. The minimum Gasteiger partial charge on any atom is -0.591 e. The van der Waals surface area contributed by atoms with Crippen molar-refractivity contribution in [2.24, 2.45) is 4.40 Å². The maximum Gasteiger partial charge on any atom is 0.359 e. The second kappa shape index (κ2) is 6.60. The third kappa shape index (κ3) is 4.22. The third-order valence-corrected chi connectivity index (χ3v) is 4.21. The first-order chi connectivity index (χ1) is 9.16. The summed E-state index contributed by atoms with van der Waals surface area (Å²) in [7, 11) is 1.44. The second-order valence-electron chi connectivity index (χ2n) is 4.95. The van der Waals surface area contributed by atoms with Crippen LogP contribution in [0.1, 0.15) is 26.3 Å². The Morgan fingerprint density at radius 3 is 2.50 bits per heavy atom. The number of carbonyl (C=O) groups is 1. The van der Waals surface area contributed by atoms with Gasteiger partial charge in [0.15, 0.2) is 0 Å². The number of benzene rings is 1. The predicted molar refractivity (Wildman–Crippen MR) is 82.8 cm³/mol. The van der Waals surface area contributed by atoms with Gasteiger partial charge in [-0.25, -0.2) is 4.79 Å². The maximum absolute atomic E-state index is 12.0. The second-order valence-corrected chi connectivity index (χ2v) is 7.77. The van der Waals surface area contributed by atoms with Crippen LogP contribution in [0.25, 0.3) is 0 Å². The first-order valence-corrected chi connectivity index (χ1v) is 7.64. The molecule has 7 heteroatoms. The van der Waals surface area contributed by atoms with Crippen LogP contribution in [0.2, 0.25) is 0 Å². The molecule has 0 aliphatic carbocycles. The van der Waals surface area contributed by atoms with E-state index >= 15 is 0 Å². The summed E-state index contributed by atoms with van der Waals surface area (Å²) >= 11 is 1.60. The summed E-state index contributed by atoms with van der Waals surface area (Å²) in [5.41, 5.74) is 0.00313. The number of methoxy groups -OCH3 is 1. The summed E-state index contributed by atoms with van der Waals surface area (Å²) in [5.74, 6) is -0.890. The molecule has 0 aliphatic heterocycles. The molecule has 0 aliphatic rings. The van der Waals surface area contributed by atoms with Gasteiger partial charge in [-0.2, -0.15) is 0 Å². The van der Waals surface area contributed by atoms with Gasteiger partial charge < -0.3 is 14.4 Å². The molecule has 1 aromatic rings. The van der Waals surface area contributed by atoms with Crippen LogP contribution >= 0.6 is 15.9 Å². The normalized spacial score (nSPS) is 14.0. The molecule has 0 amide bonds. The van der Waals surface area contributed by atoms with Crippen LogP contribution in [0.15, 0.2) is 27.1 Å². The zero-order chi connectivity index (χ0) is 15.5. The summed E-state index contributed by atoms with van der Waals surface area (Å²) in [6.07, 6.45) is 0. The molecule has 0 bridgehead atoms. The van der Waals surface area contributed by atoms with E-state index in [-0.39, 0.29) is 11.3 Å². The van der Waals surface area contributed by atoms with Crippen molar-refractivity contribution in [1.29, 1.82) is 0 Å². The number of nitrogens with zero attached hydrogens (tertiary/aromatic N) is 1. The lowest BCUT2D eigenvalue weighted by molar-refractivity contribution is -0.129. The van der Waals surface area contributed by atoms with Crippen molar-refractivity contribution in [1.82, 2.24) is 0 Å². The maximum atomic E-state index is 12.0. The molecular formula is C13H16BrNO4S. The van der Waals surface area contributed by atoms with Gasteiger partial charge >= 0.3 is 5.97 Å². The van der Waals surface area contributed by atoms with Gasteiger partial charge in [-0.1, -0.05) is 20.3 Å². The Balaban J connectivity index is 3.39. The van der Waals surface area contributed by atoms with Gasteiger partial charge in [-0.05, 0) is 39.0 Å². The van der Waals surface area contributed by atoms with Crippen LogP contribution in [0.5, 0.6) is 5.75 Å². The minimum atomic E-state index is -1.67. The van der Waals surface area contributed by atoms with E-state index in [1.54, 1.807) is 39.0 Å². The topological polar surface area (TPSA) is 82.0 Å². The van der Waals surface area contributed by atoms with Gasteiger partial charge in [0, 0.05) is 4.47 Å². The van der Waals surface area contributed by atoms with Crippen LogP contribution in [0, 0.1) is 0 Å². The molecule has 110 valence electrons. The zero-order valence-corrected chi connectivity index (χ0v) is 14.0. The zero-order valence-electron chi connectivity index (χ0n) is 11.6. The van der Waals surface area contributed by atoms with Crippen LogP contribution < -0.4 is 4.74 Å². The molecule has 0 heterocycles. The van der Waals surface area contributed by atoms with Gasteiger partial charge in [-0.15, -0.1) is 0 Å². The Morgan fingerprint density at radius 2 is 2.05 bits per heavy atom. The molecule has 0 saturated heterocycles. The van der Waals surface area contributed by atoms with Crippen molar-refractivity contribution in [2.75, 3.05) is 7.11 Å². The van der Waals surface area contributed by atoms with Crippen molar-refractivity contribution >= 4 is 39.0 Å². The van der Waals surface area contributed by atoms with Gasteiger partial charge in [0.25, 0.3) is 0 Å². The van der Waals surface area contributed by atoms with E-state index in [9.17, 15) is 14.5 Å². The van der Waals surface area contributed by atoms with Crippen molar-refractivity contribution in [3.8, 4) is 5.75 Å². The van der Waals surface area contributed by atoms with Crippen LogP contribution in [-0.4, -0.2) is 33.2 Å². The molecule has 1 unspecified atom stereocenters. The largest absolute Gasteiger partial charge is 0.591 e. The van der Waals surface area contributed by atoms with Crippen LogP contribution in [-0.2, 0) is 16.2 Å². The number of carboxylic acids is 1. The van der Waals surface area contributed by atoms with E-state index in [1.807, 2.05) is 0 Å². The number of hydrogen-bond acceptors (Lipinski definition) is 4.